The van der Waals surface area contributed by atoms with Crippen molar-refractivity contribution in [3.8, 4) is 5.75 Å². The topological polar surface area (TPSA) is 49.8 Å². The van der Waals surface area contributed by atoms with Crippen molar-refractivity contribution in [2.45, 2.75) is 31.7 Å². The molecule has 19 heavy (non-hydrogen) atoms. The van der Waals surface area contributed by atoms with Crippen LogP contribution in [0.5, 0.6) is 5.75 Å². The van der Waals surface area contributed by atoms with Crippen LogP contribution in [0.25, 0.3) is 0 Å². The van der Waals surface area contributed by atoms with Crippen LogP contribution in [0.2, 0.25) is 0 Å². The Kier molecular flexibility index (Phi) is 4.80. The van der Waals surface area contributed by atoms with Crippen LogP contribution in [0, 0.1) is 0 Å². The second-order valence-corrected chi connectivity index (χ2v) is 5.00. The first-order valence-corrected chi connectivity index (χ1v) is 6.80. The molecular weight excluding hydrogens is 242 g/mol. The minimum absolute atomic E-state index is 0.409. The molecule has 0 saturated carbocycles. The molecule has 1 aliphatic rings. The smallest absolute Gasteiger partial charge is 0.321 e. The molecule has 0 amide bonds. The third-order valence-electron chi connectivity index (χ3n) is 3.70. The molecule has 0 bridgehead atoms. The second-order valence-electron chi connectivity index (χ2n) is 5.00. The van der Waals surface area contributed by atoms with E-state index in [0.717, 1.165) is 37.2 Å². The summed E-state index contributed by atoms with van der Waals surface area (Å²) in [5.41, 5.74) is 1.04. The molecule has 1 N–H and O–H groups in total. The molecule has 1 saturated heterocycles. The standard InChI is InChI=1S/C15H21NO3/c1-19-13-7-5-12(6-8-13)11-14(15(17)18)16-9-3-2-4-10-16/h5-8,14H,2-4,9-11H2,1H3,(H,17,18). The molecule has 1 heterocycles. The molecule has 4 heteroatoms. The molecule has 0 radical (unpaired) electrons. The highest BCUT2D eigenvalue weighted by Crippen LogP contribution is 2.18. The molecule has 1 fully saturated rings. The molecule has 1 aromatic carbocycles. The Labute approximate surface area is 114 Å². The van der Waals surface area contributed by atoms with Crippen molar-refractivity contribution in [3.63, 3.8) is 0 Å². The lowest BCUT2D eigenvalue weighted by molar-refractivity contribution is -0.143. The molecular formula is C15H21NO3. The SMILES string of the molecule is COc1ccc(CC(C(=O)O)N2CCCCC2)cc1. The number of ether oxygens (including phenoxy) is 1. The van der Waals surface area contributed by atoms with Gasteiger partial charge < -0.3 is 9.84 Å². The van der Waals surface area contributed by atoms with Gasteiger partial charge in [-0.3, -0.25) is 9.69 Å². The first-order valence-electron chi connectivity index (χ1n) is 6.80. The van der Waals surface area contributed by atoms with Gasteiger partial charge in [0.05, 0.1) is 7.11 Å². The fraction of sp³-hybridized carbons (Fsp3) is 0.533. The number of aliphatic carboxylic acids is 1. The van der Waals surface area contributed by atoms with Crippen LogP contribution in [0.3, 0.4) is 0 Å². The number of likely N-dealkylation sites (tertiary alicyclic amines) is 1. The van der Waals surface area contributed by atoms with Crippen molar-refractivity contribution in [3.05, 3.63) is 29.8 Å². The lowest BCUT2D eigenvalue weighted by atomic mass is 10.0. The quantitative estimate of drug-likeness (QED) is 0.884. The summed E-state index contributed by atoms with van der Waals surface area (Å²) in [4.78, 5) is 13.6. The summed E-state index contributed by atoms with van der Waals surface area (Å²) in [6.07, 6.45) is 3.98. The second kappa shape index (κ2) is 6.57. The highest BCUT2D eigenvalue weighted by atomic mass is 16.5. The normalized spacial score (nSPS) is 17.9. The lowest BCUT2D eigenvalue weighted by Gasteiger charge is -2.32. The first-order chi connectivity index (χ1) is 9.20. The van der Waals surface area contributed by atoms with Crippen molar-refractivity contribution in [1.82, 2.24) is 4.90 Å². The Morgan fingerprint density at radius 2 is 1.89 bits per heavy atom. The molecule has 1 aromatic rings. The molecule has 1 unspecified atom stereocenters. The van der Waals surface area contributed by atoms with E-state index in [1.54, 1.807) is 7.11 Å². The Hall–Kier alpha value is -1.55. The fourth-order valence-electron chi connectivity index (χ4n) is 2.59. The van der Waals surface area contributed by atoms with Crippen molar-refractivity contribution < 1.29 is 14.6 Å². The summed E-state index contributed by atoms with van der Waals surface area (Å²) in [6, 6.07) is 7.24. The number of nitrogens with zero attached hydrogens (tertiary/aromatic N) is 1. The van der Waals surface area contributed by atoms with Gasteiger partial charge in [0, 0.05) is 0 Å². The summed E-state index contributed by atoms with van der Waals surface area (Å²) >= 11 is 0. The predicted octanol–water partition coefficient (Wildman–Crippen LogP) is 2.18. The third kappa shape index (κ3) is 3.70. The summed E-state index contributed by atoms with van der Waals surface area (Å²) in [5.74, 6) is 0.0753. The Morgan fingerprint density at radius 1 is 1.26 bits per heavy atom. The average Bonchev–Trinajstić information content (AvgIpc) is 2.46. The first kappa shape index (κ1) is 13.9. The number of carboxylic acids is 1. The van der Waals surface area contributed by atoms with Crippen LogP contribution < -0.4 is 4.74 Å². The molecule has 1 aliphatic heterocycles. The number of methoxy groups -OCH3 is 1. The van der Waals surface area contributed by atoms with Crippen molar-refractivity contribution >= 4 is 5.97 Å². The van der Waals surface area contributed by atoms with Crippen LogP contribution in [0.15, 0.2) is 24.3 Å². The number of carboxylic acid groups (broad SMARTS) is 1. The highest BCUT2D eigenvalue weighted by molar-refractivity contribution is 5.74. The number of hydrogen-bond acceptors (Lipinski definition) is 3. The maximum Gasteiger partial charge on any atom is 0.321 e. The molecule has 4 nitrogen and oxygen atoms in total. The number of carbonyl (C=O) groups is 1. The van der Waals surface area contributed by atoms with Gasteiger partial charge in [-0.25, -0.2) is 0 Å². The molecule has 2 rings (SSSR count). The van der Waals surface area contributed by atoms with Gasteiger partial charge in [0.15, 0.2) is 0 Å². The summed E-state index contributed by atoms with van der Waals surface area (Å²) in [7, 11) is 1.63. The number of rotatable bonds is 5. The summed E-state index contributed by atoms with van der Waals surface area (Å²) < 4.78 is 5.11. The van der Waals surface area contributed by atoms with Crippen molar-refractivity contribution in [2.75, 3.05) is 20.2 Å². The van der Waals surface area contributed by atoms with Gasteiger partial charge in [0.1, 0.15) is 11.8 Å². The van der Waals surface area contributed by atoms with E-state index in [0.29, 0.717) is 6.42 Å². The number of benzene rings is 1. The van der Waals surface area contributed by atoms with Crippen LogP contribution >= 0.6 is 0 Å². The molecule has 1 atom stereocenters. The van der Waals surface area contributed by atoms with E-state index in [1.165, 1.54) is 6.42 Å². The van der Waals surface area contributed by atoms with Gasteiger partial charge in [0.25, 0.3) is 0 Å². The van der Waals surface area contributed by atoms with Gasteiger partial charge in [0.2, 0.25) is 0 Å². The minimum atomic E-state index is -0.724. The van der Waals surface area contributed by atoms with E-state index in [4.69, 9.17) is 4.74 Å². The third-order valence-corrected chi connectivity index (χ3v) is 3.70. The van der Waals surface area contributed by atoms with E-state index in [9.17, 15) is 9.90 Å². The maximum absolute atomic E-state index is 11.5. The number of piperidine rings is 1. The molecule has 0 aliphatic carbocycles. The summed E-state index contributed by atoms with van der Waals surface area (Å²) in [6.45, 7) is 1.79. The average molecular weight is 263 g/mol. The van der Waals surface area contributed by atoms with E-state index >= 15 is 0 Å². The lowest BCUT2D eigenvalue weighted by Crippen LogP contribution is -2.45. The minimum Gasteiger partial charge on any atom is -0.497 e. The predicted molar refractivity (Wildman–Crippen MR) is 73.5 cm³/mol. The monoisotopic (exact) mass is 263 g/mol. The van der Waals surface area contributed by atoms with Gasteiger partial charge in [-0.15, -0.1) is 0 Å². The van der Waals surface area contributed by atoms with Crippen molar-refractivity contribution in [2.24, 2.45) is 0 Å². The van der Waals surface area contributed by atoms with Crippen LogP contribution in [-0.4, -0.2) is 42.2 Å². The highest BCUT2D eigenvalue weighted by Gasteiger charge is 2.26. The van der Waals surface area contributed by atoms with Crippen LogP contribution in [-0.2, 0) is 11.2 Å². The Morgan fingerprint density at radius 3 is 2.42 bits per heavy atom. The Bertz CT molecular complexity index is 410. The van der Waals surface area contributed by atoms with Crippen molar-refractivity contribution in [1.29, 1.82) is 0 Å². The zero-order valence-corrected chi connectivity index (χ0v) is 11.3. The van der Waals surface area contributed by atoms with Gasteiger partial charge in [-0.1, -0.05) is 18.6 Å². The molecule has 0 aromatic heterocycles. The number of hydrogen-bond donors (Lipinski definition) is 1. The van der Waals surface area contributed by atoms with E-state index in [2.05, 4.69) is 4.90 Å². The van der Waals surface area contributed by atoms with Gasteiger partial charge >= 0.3 is 5.97 Å². The summed E-state index contributed by atoms with van der Waals surface area (Å²) in [5, 5.41) is 9.42. The van der Waals surface area contributed by atoms with Crippen LogP contribution in [0.1, 0.15) is 24.8 Å². The van der Waals surface area contributed by atoms with Gasteiger partial charge in [-0.2, -0.15) is 0 Å². The Balaban J connectivity index is 2.04. The zero-order valence-electron chi connectivity index (χ0n) is 11.3. The molecule has 0 spiro atoms. The van der Waals surface area contributed by atoms with E-state index in [1.807, 2.05) is 24.3 Å². The largest absolute Gasteiger partial charge is 0.497 e. The maximum atomic E-state index is 11.5. The van der Waals surface area contributed by atoms with E-state index < -0.39 is 12.0 Å². The molecule has 104 valence electrons. The van der Waals surface area contributed by atoms with E-state index in [-0.39, 0.29) is 0 Å². The zero-order chi connectivity index (χ0) is 13.7. The van der Waals surface area contributed by atoms with Gasteiger partial charge in [-0.05, 0) is 50.0 Å². The fourth-order valence-corrected chi connectivity index (χ4v) is 2.59. The van der Waals surface area contributed by atoms with Crippen LogP contribution in [0.4, 0.5) is 0 Å².